The van der Waals surface area contributed by atoms with E-state index in [2.05, 4.69) is 4.98 Å². The number of nitrogens with zero attached hydrogens (tertiary/aromatic N) is 2. The second-order valence-electron chi connectivity index (χ2n) is 8.26. The molecule has 1 N–H and O–H groups in total. The zero-order valence-electron chi connectivity index (χ0n) is 16.9. The van der Waals surface area contributed by atoms with Gasteiger partial charge in [0.2, 0.25) is 5.91 Å². The minimum absolute atomic E-state index is 0.0551. The molecule has 2 aromatic rings. The molecule has 4 rings (SSSR count). The zero-order valence-corrected chi connectivity index (χ0v) is 17.7. The summed E-state index contributed by atoms with van der Waals surface area (Å²) >= 11 is 1.58. The molecule has 1 aliphatic carbocycles. The molecular weight excluding hydrogens is 374 g/mol. The molecule has 7 heteroatoms. The van der Waals surface area contributed by atoms with Gasteiger partial charge in [-0.15, -0.1) is 11.3 Å². The predicted molar refractivity (Wildman–Crippen MR) is 111 cm³/mol. The van der Waals surface area contributed by atoms with E-state index in [1.54, 1.807) is 18.4 Å². The number of aromatic nitrogens is 2. The highest BCUT2D eigenvalue weighted by Gasteiger charge is 2.33. The Bertz CT molecular complexity index is 935. The van der Waals surface area contributed by atoms with Crippen LogP contribution in [0.1, 0.15) is 60.7 Å². The molecule has 0 bridgehead atoms. The summed E-state index contributed by atoms with van der Waals surface area (Å²) in [6, 6.07) is 0. The van der Waals surface area contributed by atoms with Crippen LogP contribution in [0.2, 0.25) is 0 Å². The molecule has 2 fully saturated rings. The third-order valence-electron chi connectivity index (χ3n) is 6.49. The lowest BCUT2D eigenvalue weighted by Gasteiger charge is -2.36. The van der Waals surface area contributed by atoms with Crippen LogP contribution in [-0.2, 0) is 9.53 Å². The molecule has 2 aliphatic rings. The Kier molecular flexibility index (Phi) is 5.56. The van der Waals surface area contributed by atoms with Gasteiger partial charge in [-0.25, -0.2) is 4.98 Å². The van der Waals surface area contributed by atoms with Gasteiger partial charge in [0.1, 0.15) is 10.7 Å². The lowest BCUT2D eigenvalue weighted by Crippen LogP contribution is -2.44. The maximum absolute atomic E-state index is 13.1. The van der Waals surface area contributed by atoms with Crippen molar-refractivity contribution in [3.63, 3.8) is 0 Å². The second-order valence-corrected chi connectivity index (χ2v) is 9.46. The fraction of sp³-hybridized carbons (Fsp3) is 0.667. The van der Waals surface area contributed by atoms with Gasteiger partial charge in [-0.3, -0.25) is 9.59 Å². The molecule has 28 heavy (non-hydrogen) atoms. The Balaban J connectivity index is 1.53. The van der Waals surface area contributed by atoms with Crippen LogP contribution in [0.3, 0.4) is 0 Å². The Morgan fingerprint density at radius 3 is 2.86 bits per heavy atom. The summed E-state index contributed by atoms with van der Waals surface area (Å²) in [6.07, 6.45) is 5.98. The first-order valence-corrected chi connectivity index (χ1v) is 11.1. The van der Waals surface area contributed by atoms with Gasteiger partial charge < -0.3 is 14.6 Å². The molecule has 1 amide bonds. The van der Waals surface area contributed by atoms with Gasteiger partial charge in [0.25, 0.3) is 5.56 Å². The van der Waals surface area contributed by atoms with Crippen LogP contribution in [-0.4, -0.2) is 47.1 Å². The number of hydrogen-bond donors (Lipinski definition) is 1. The number of rotatable bonds is 3. The number of hydrogen-bond acceptors (Lipinski definition) is 5. The number of methoxy groups -OCH3 is 1. The smallest absolute Gasteiger partial charge is 0.259 e. The highest BCUT2D eigenvalue weighted by Crippen LogP contribution is 2.32. The minimum atomic E-state index is -0.0551. The highest BCUT2D eigenvalue weighted by atomic mass is 32.1. The summed E-state index contributed by atoms with van der Waals surface area (Å²) in [4.78, 5) is 37.5. The number of H-pyrrole nitrogens is 1. The van der Waals surface area contributed by atoms with E-state index >= 15 is 0 Å². The van der Waals surface area contributed by atoms with Crippen molar-refractivity contribution in [3.05, 3.63) is 26.6 Å². The van der Waals surface area contributed by atoms with Gasteiger partial charge >= 0.3 is 0 Å². The van der Waals surface area contributed by atoms with Crippen LogP contribution in [0.4, 0.5) is 0 Å². The zero-order chi connectivity index (χ0) is 19.8. The Hall–Kier alpha value is -1.73. The maximum Gasteiger partial charge on any atom is 0.259 e. The molecule has 1 aliphatic heterocycles. The fourth-order valence-electron chi connectivity index (χ4n) is 4.71. The number of carbonyl (C=O) groups is 1. The van der Waals surface area contributed by atoms with E-state index < -0.39 is 0 Å². The number of amides is 1. The van der Waals surface area contributed by atoms with Gasteiger partial charge in [-0.1, -0.05) is 6.42 Å². The second kappa shape index (κ2) is 7.95. The van der Waals surface area contributed by atoms with E-state index in [1.807, 2.05) is 18.7 Å². The average Bonchev–Trinajstić information content (AvgIpc) is 3.01. The van der Waals surface area contributed by atoms with Crippen molar-refractivity contribution in [2.24, 2.45) is 5.92 Å². The number of aryl methyl sites for hydroxylation is 2. The van der Waals surface area contributed by atoms with Crippen LogP contribution in [0.5, 0.6) is 0 Å². The fourth-order valence-corrected chi connectivity index (χ4v) is 5.74. The third-order valence-corrected chi connectivity index (χ3v) is 7.59. The Labute approximate surface area is 169 Å². The Morgan fingerprint density at radius 1 is 1.25 bits per heavy atom. The topological polar surface area (TPSA) is 75.3 Å². The molecule has 0 radical (unpaired) electrons. The summed E-state index contributed by atoms with van der Waals surface area (Å²) in [5.74, 6) is 1.14. The van der Waals surface area contributed by atoms with Gasteiger partial charge in [-0.05, 0) is 51.5 Å². The number of nitrogens with one attached hydrogen (secondary N) is 1. The Morgan fingerprint density at radius 2 is 2.07 bits per heavy atom. The molecule has 0 spiro atoms. The number of piperidine rings is 1. The van der Waals surface area contributed by atoms with Crippen molar-refractivity contribution in [1.82, 2.24) is 14.9 Å². The van der Waals surface area contributed by atoms with E-state index in [1.165, 1.54) is 0 Å². The van der Waals surface area contributed by atoms with Crippen molar-refractivity contribution in [1.29, 1.82) is 0 Å². The predicted octanol–water partition coefficient (Wildman–Crippen LogP) is 3.51. The summed E-state index contributed by atoms with van der Waals surface area (Å²) in [6.45, 7) is 5.44. The van der Waals surface area contributed by atoms with Gasteiger partial charge in [0.05, 0.1) is 11.5 Å². The molecule has 1 saturated heterocycles. The third kappa shape index (κ3) is 3.62. The van der Waals surface area contributed by atoms with Crippen LogP contribution in [0.15, 0.2) is 4.79 Å². The number of aromatic amines is 1. The van der Waals surface area contributed by atoms with E-state index in [4.69, 9.17) is 9.72 Å². The first-order valence-electron chi connectivity index (χ1n) is 10.3. The van der Waals surface area contributed by atoms with Crippen molar-refractivity contribution in [3.8, 4) is 0 Å². The van der Waals surface area contributed by atoms with E-state index in [9.17, 15) is 9.59 Å². The quantitative estimate of drug-likeness (QED) is 0.851. The van der Waals surface area contributed by atoms with Crippen molar-refractivity contribution < 1.29 is 9.53 Å². The van der Waals surface area contributed by atoms with Crippen molar-refractivity contribution >= 4 is 27.5 Å². The standard InChI is InChI=1S/C21H29N3O3S/c1-12-13(2)28-20-17(12)19(25)22-18(23-20)15-7-5-9-24(11-15)21(26)14-6-4-8-16(10-14)27-3/h14-16H,4-11H2,1-3H3,(H,22,23,25)/t14-,15+,16-/m1/s1. The summed E-state index contributed by atoms with van der Waals surface area (Å²) in [5.41, 5.74) is 0.964. The molecule has 3 atom stereocenters. The van der Waals surface area contributed by atoms with E-state index in [0.717, 1.165) is 66.2 Å². The van der Waals surface area contributed by atoms with Crippen LogP contribution in [0, 0.1) is 19.8 Å². The van der Waals surface area contributed by atoms with Crippen LogP contribution in [0.25, 0.3) is 10.2 Å². The lowest BCUT2D eigenvalue weighted by atomic mass is 9.85. The normalized spacial score (nSPS) is 26.0. The van der Waals surface area contributed by atoms with Gasteiger partial charge in [-0.2, -0.15) is 0 Å². The summed E-state index contributed by atoms with van der Waals surface area (Å²) in [7, 11) is 1.74. The number of fused-ring (bicyclic) bond motifs is 1. The minimum Gasteiger partial charge on any atom is -0.381 e. The molecule has 2 aromatic heterocycles. The largest absolute Gasteiger partial charge is 0.381 e. The summed E-state index contributed by atoms with van der Waals surface area (Å²) < 4.78 is 5.50. The molecule has 1 saturated carbocycles. The molecule has 0 aromatic carbocycles. The molecule has 6 nitrogen and oxygen atoms in total. The molecule has 152 valence electrons. The number of thiophene rings is 1. The maximum atomic E-state index is 13.1. The number of likely N-dealkylation sites (tertiary alicyclic amines) is 1. The number of carbonyl (C=O) groups excluding carboxylic acids is 1. The van der Waals surface area contributed by atoms with Crippen LogP contribution >= 0.6 is 11.3 Å². The van der Waals surface area contributed by atoms with Gasteiger partial charge in [0.15, 0.2) is 0 Å². The highest BCUT2D eigenvalue weighted by molar-refractivity contribution is 7.18. The summed E-state index contributed by atoms with van der Waals surface area (Å²) in [5, 5.41) is 0.711. The first-order chi connectivity index (χ1) is 13.5. The first kappa shape index (κ1) is 19.6. The molecular formula is C21H29N3O3S. The average molecular weight is 404 g/mol. The van der Waals surface area contributed by atoms with E-state index in [-0.39, 0.29) is 29.4 Å². The van der Waals surface area contributed by atoms with Crippen molar-refractivity contribution in [2.75, 3.05) is 20.2 Å². The number of ether oxygens (including phenoxy) is 1. The molecule has 3 heterocycles. The SMILES string of the molecule is CO[C@@H]1CCC[C@@H](C(=O)N2CCC[C@H](c3nc4sc(C)c(C)c4c(=O)[nH]3)C2)C1. The molecule has 0 unspecified atom stereocenters. The van der Waals surface area contributed by atoms with Crippen molar-refractivity contribution in [2.45, 2.75) is 64.4 Å². The lowest BCUT2D eigenvalue weighted by molar-refractivity contribution is -0.139. The van der Waals surface area contributed by atoms with Gasteiger partial charge in [0, 0.05) is 36.9 Å². The van der Waals surface area contributed by atoms with Crippen LogP contribution < -0.4 is 5.56 Å². The monoisotopic (exact) mass is 403 g/mol. The van der Waals surface area contributed by atoms with E-state index in [0.29, 0.717) is 11.9 Å².